The SMILES string of the molecule is CSC(C)(C)CCC(=O)NCCCCCCOP(C)(O)=S. The molecule has 4 nitrogen and oxygen atoms in total. The number of nitrogens with one attached hydrogen (secondary N) is 1. The predicted octanol–water partition coefficient (Wildman–Crippen LogP) is 3.53. The van der Waals surface area contributed by atoms with Crippen LogP contribution in [0.5, 0.6) is 0 Å². The molecule has 0 fully saturated rings. The van der Waals surface area contributed by atoms with Crippen LogP contribution in [0.2, 0.25) is 0 Å². The van der Waals surface area contributed by atoms with Crippen molar-refractivity contribution in [2.24, 2.45) is 0 Å². The van der Waals surface area contributed by atoms with Crippen LogP contribution in [0.15, 0.2) is 0 Å². The molecule has 7 heteroatoms. The molecule has 1 unspecified atom stereocenters. The molecule has 0 heterocycles. The Labute approximate surface area is 139 Å². The van der Waals surface area contributed by atoms with Gasteiger partial charge in [-0.25, -0.2) is 0 Å². The van der Waals surface area contributed by atoms with Gasteiger partial charge in [-0.05, 0) is 37.3 Å². The third-order valence-electron chi connectivity index (χ3n) is 3.23. The second kappa shape index (κ2) is 11.0. The van der Waals surface area contributed by atoms with Gasteiger partial charge in [-0.2, -0.15) is 11.8 Å². The van der Waals surface area contributed by atoms with E-state index in [9.17, 15) is 9.69 Å². The number of unbranched alkanes of at least 4 members (excludes halogenated alkanes) is 3. The van der Waals surface area contributed by atoms with Gasteiger partial charge in [-0.3, -0.25) is 4.79 Å². The van der Waals surface area contributed by atoms with E-state index in [1.807, 2.05) is 0 Å². The van der Waals surface area contributed by atoms with Crippen molar-refractivity contribution in [3.63, 3.8) is 0 Å². The van der Waals surface area contributed by atoms with Gasteiger partial charge in [0.1, 0.15) is 0 Å². The first-order valence-electron chi connectivity index (χ1n) is 7.43. The van der Waals surface area contributed by atoms with E-state index < -0.39 is 6.49 Å². The van der Waals surface area contributed by atoms with Crippen molar-refractivity contribution in [3.8, 4) is 0 Å². The molecular weight excluding hydrogens is 325 g/mol. The lowest BCUT2D eigenvalue weighted by molar-refractivity contribution is -0.121. The molecule has 0 aromatic rings. The maximum absolute atomic E-state index is 11.7. The molecule has 0 rings (SSSR count). The summed E-state index contributed by atoms with van der Waals surface area (Å²) in [7, 11) is 0. The highest BCUT2D eigenvalue weighted by Gasteiger charge is 2.17. The minimum Gasteiger partial charge on any atom is -0.356 e. The molecule has 0 aromatic heterocycles. The van der Waals surface area contributed by atoms with Crippen molar-refractivity contribution in [1.29, 1.82) is 0 Å². The molecule has 2 N–H and O–H groups in total. The summed E-state index contributed by atoms with van der Waals surface area (Å²) >= 11 is 6.58. The molecule has 0 aliphatic rings. The number of hydrogen-bond acceptors (Lipinski definition) is 4. The van der Waals surface area contributed by atoms with Crippen molar-refractivity contribution < 1.29 is 14.2 Å². The number of amides is 1. The normalized spacial score (nSPS) is 14.7. The summed E-state index contributed by atoms with van der Waals surface area (Å²) < 4.78 is 5.33. The summed E-state index contributed by atoms with van der Waals surface area (Å²) in [5.74, 6) is 0.146. The van der Waals surface area contributed by atoms with Crippen LogP contribution in [0.3, 0.4) is 0 Å². The van der Waals surface area contributed by atoms with Gasteiger partial charge >= 0.3 is 0 Å². The molecule has 0 aromatic carbocycles. The summed E-state index contributed by atoms with van der Waals surface area (Å²) in [6.07, 6.45) is 7.55. The van der Waals surface area contributed by atoms with Crippen LogP contribution in [-0.2, 0) is 21.1 Å². The predicted molar refractivity (Wildman–Crippen MR) is 96.7 cm³/mol. The van der Waals surface area contributed by atoms with Crippen molar-refractivity contribution in [2.75, 3.05) is 26.1 Å². The highest BCUT2D eigenvalue weighted by molar-refractivity contribution is 8.09. The van der Waals surface area contributed by atoms with Gasteiger partial charge in [0.15, 0.2) is 6.49 Å². The zero-order chi connectivity index (χ0) is 16.4. The van der Waals surface area contributed by atoms with E-state index in [4.69, 9.17) is 16.3 Å². The van der Waals surface area contributed by atoms with Gasteiger partial charge in [0, 0.05) is 24.4 Å². The first-order chi connectivity index (χ1) is 9.66. The zero-order valence-corrected chi connectivity index (χ0v) is 16.2. The van der Waals surface area contributed by atoms with Crippen molar-refractivity contribution >= 4 is 36.0 Å². The van der Waals surface area contributed by atoms with E-state index in [1.54, 1.807) is 18.4 Å². The molecule has 0 saturated carbocycles. The Morgan fingerprint density at radius 3 is 2.52 bits per heavy atom. The summed E-state index contributed by atoms with van der Waals surface area (Å²) in [5, 5.41) is 2.96. The molecule has 0 saturated heterocycles. The quantitative estimate of drug-likeness (QED) is 0.414. The smallest absolute Gasteiger partial charge is 0.220 e. The summed E-state index contributed by atoms with van der Waals surface area (Å²) in [5.41, 5.74) is 0. The second-order valence-corrected chi connectivity index (χ2v) is 11.3. The number of carbonyl (C=O) groups excluding carboxylic acids is 1. The van der Waals surface area contributed by atoms with E-state index in [-0.39, 0.29) is 10.7 Å². The zero-order valence-electron chi connectivity index (χ0n) is 13.7. The molecule has 1 amide bonds. The van der Waals surface area contributed by atoms with Gasteiger partial charge in [0.2, 0.25) is 5.91 Å². The van der Waals surface area contributed by atoms with E-state index in [0.717, 1.165) is 38.6 Å². The monoisotopic (exact) mass is 355 g/mol. The van der Waals surface area contributed by atoms with Gasteiger partial charge in [0.05, 0.1) is 6.61 Å². The number of thioether (sulfide) groups is 1. The molecule has 0 bridgehead atoms. The fourth-order valence-electron chi connectivity index (χ4n) is 1.65. The summed E-state index contributed by atoms with van der Waals surface area (Å²) in [6, 6.07) is 0. The lowest BCUT2D eigenvalue weighted by Gasteiger charge is -2.21. The molecule has 126 valence electrons. The van der Waals surface area contributed by atoms with Crippen molar-refractivity contribution in [3.05, 3.63) is 0 Å². The van der Waals surface area contributed by atoms with Gasteiger partial charge in [-0.1, -0.05) is 26.7 Å². The first-order valence-corrected chi connectivity index (χ1v) is 11.8. The molecule has 0 aliphatic heterocycles. The molecule has 21 heavy (non-hydrogen) atoms. The maximum Gasteiger partial charge on any atom is 0.220 e. The Bertz CT molecular complexity index is 345. The minimum atomic E-state index is -2.49. The third kappa shape index (κ3) is 15.1. The van der Waals surface area contributed by atoms with E-state index >= 15 is 0 Å². The molecule has 1 atom stereocenters. The number of rotatable bonds is 12. The Kier molecular flexibility index (Phi) is 11.2. The van der Waals surface area contributed by atoms with Crippen LogP contribution in [-0.4, -0.2) is 41.6 Å². The Morgan fingerprint density at radius 1 is 1.33 bits per heavy atom. The molecule has 0 radical (unpaired) electrons. The fourth-order valence-corrected chi connectivity index (χ4v) is 2.65. The number of carbonyl (C=O) groups is 1. The molecular formula is C14H30NO3PS2. The van der Waals surface area contributed by atoms with Crippen LogP contribution >= 0.6 is 18.3 Å². The lowest BCUT2D eigenvalue weighted by atomic mass is 10.1. The molecule has 0 aliphatic carbocycles. The van der Waals surface area contributed by atoms with Gasteiger partial charge in [-0.15, -0.1) is 0 Å². The minimum absolute atomic E-state index is 0.146. The standard InChI is InChI=1S/C14H30NO3PS2/c1-14(2,21-4)10-9-13(16)15-11-7-5-6-8-12-18-19(3,17)20/h5-12H2,1-4H3,(H,15,16)(H,17,20). The third-order valence-corrected chi connectivity index (χ3v) is 5.52. The Morgan fingerprint density at radius 2 is 1.95 bits per heavy atom. The van der Waals surface area contributed by atoms with E-state index in [0.29, 0.717) is 13.0 Å². The van der Waals surface area contributed by atoms with Crippen molar-refractivity contribution in [2.45, 2.75) is 57.1 Å². The summed E-state index contributed by atoms with van der Waals surface area (Å²) in [6.45, 7) is 4.67. The van der Waals surface area contributed by atoms with Crippen LogP contribution in [0.25, 0.3) is 0 Å². The van der Waals surface area contributed by atoms with Gasteiger partial charge in [0.25, 0.3) is 0 Å². The lowest BCUT2D eigenvalue weighted by Crippen LogP contribution is -2.26. The Balaban J connectivity index is 3.43. The average Bonchev–Trinajstić information content (AvgIpc) is 2.38. The van der Waals surface area contributed by atoms with Crippen LogP contribution in [0, 0.1) is 0 Å². The largest absolute Gasteiger partial charge is 0.356 e. The van der Waals surface area contributed by atoms with Crippen LogP contribution in [0.1, 0.15) is 52.4 Å². The topological polar surface area (TPSA) is 58.6 Å². The first kappa shape index (κ1) is 21.4. The highest BCUT2D eigenvalue weighted by Crippen LogP contribution is 2.37. The van der Waals surface area contributed by atoms with Crippen LogP contribution in [0.4, 0.5) is 0 Å². The van der Waals surface area contributed by atoms with E-state index in [2.05, 4.69) is 25.4 Å². The highest BCUT2D eigenvalue weighted by atomic mass is 32.5. The fraction of sp³-hybridized carbons (Fsp3) is 0.929. The summed E-state index contributed by atoms with van der Waals surface area (Å²) in [4.78, 5) is 21.0. The Hall–Kier alpha value is 0.390. The second-order valence-electron chi connectivity index (χ2n) is 5.86. The van der Waals surface area contributed by atoms with Crippen LogP contribution < -0.4 is 5.32 Å². The number of hydrogen-bond donors (Lipinski definition) is 2. The van der Waals surface area contributed by atoms with Crippen molar-refractivity contribution in [1.82, 2.24) is 5.32 Å². The maximum atomic E-state index is 11.7. The molecule has 0 spiro atoms. The van der Waals surface area contributed by atoms with E-state index in [1.165, 1.54) is 0 Å². The average molecular weight is 356 g/mol. The van der Waals surface area contributed by atoms with Gasteiger partial charge < -0.3 is 14.7 Å².